The number of hydrogen-bond acceptors (Lipinski definition) is 6. The van der Waals surface area contributed by atoms with Crippen molar-refractivity contribution in [2.24, 2.45) is 0 Å². The largest absolute Gasteiger partial charge is 0.465 e. The highest BCUT2D eigenvalue weighted by Crippen LogP contribution is 2.36. The summed E-state index contributed by atoms with van der Waals surface area (Å²) < 4.78 is 11.1. The molecule has 0 radical (unpaired) electrons. The van der Waals surface area contributed by atoms with Crippen LogP contribution in [-0.4, -0.2) is 27.9 Å². The lowest BCUT2D eigenvalue weighted by molar-refractivity contribution is -0.123. The first-order valence-electron chi connectivity index (χ1n) is 11.3. The Bertz CT molecular complexity index is 1450. The van der Waals surface area contributed by atoms with Gasteiger partial charge in [-0.05, 0) is 73.7 Å². The second-order valence-corrected chi connectivity index (χ2v) is 8.61. The Morgan fingerprint density at radius 2 is 2.00 bits per heavy atom. The van der Waals surface area contributed by atoms with Gasteiger partial charge in [0.25, 0.3) is 5.91 Å². The van der Waals surface area contributed by atoms with Gasteiger partial charge in [0.2, 0.25) is 0 Å². The molecule has 8 heteroatoms. The first kappa shape index (κ1) is 22.8. The molecule has 1 unspecified atom stereocenters. The van der Waals surface area contributed by atoms with E-state index in [0.29, 0.717) is 28.6 Å². The van der Waals surface area contributed by atoms with E-state index in [-0.39, 0.29) is 5.15 Å². The lowest BCUT2D eigenvalue weighted by Gasteiger charge is -2.23. The zero-order valence-electron chi connectivity index (χ0n) is 19.0. The number of benzene rings is 1. The average molecular weight is 488 g/mol. The van der Waals surface area contributed by atoms with E-state index in [1.54, 1.807) is 18.4 Å². The zero-order valence-corrected chi connectivity index (χ0v) is 19.7. The van der Waals surface area contributed by atoms with E-state index in [4.69, 9.17) is 25.7 Å². The molecule has 3 heterocycles. The number of halogens is 1. The molecule has 0 spiro atoms. The van der Waals surface area contributed by atoms with Crippen molar-refractivity contribution >= 4 is 51.7 Å². The quantitative estimate of drug-likeness (QED) is 0.276. The van der Waals surface area contributed by atoms with Crippen molar-refractivity contribution in [1.82, 2.24) is 9.97 Å². The van der Waals surface area contributed by atoms with Gasteiger partial charge in [-0.2, -0.15) is 0 Å². The molecule has 3 aromatic heterocycles. The van der Waals surface area contributed by atoms with Crippen LogP contribution in [0.1, 0.15) is 47.1 Å². The molecule has 5 rings (SSSR count). The summed E-state index contributed by atoms with van der Waals surface area (Å²) in [6.45, 7) is 1.52. The van der Waals surface area contributed by atoms with E-state index in [9.17, 15) is 9.59 Å². The highest BCUT2D eigenvalue weighted by molar-refractivity contribution is 6.32. The number of nitrogens with one attached hydrogen (secondary N) is 1. The van der Waals surface area contributed by atoms with Crippen LogP contribution >= 0.6 is 11.6 Å². The third-order valence-corrected chi connectivity index (χ3v) is 6.21. The normalized spacial score (nSPS) is 15.0. The summed E-state index contributed by atoms with van der Waals surface area (Å²) in [4.78, 5) is 35.0. The fraction of sp³-hybridized carbons (Fsp3) is 0.185. The Kier molecular flexibility index (Phi) is 6.33. The van der Waals surface area contributed by atoms with Crippen molar-refractivity contribution in [3.05, 3.63) is 88.7 Å². The molecule has 1 atom stereocenters. The Hall–Kier alpha value is -3.97. The number of pyridine rings is 2. The Morgan fingerprint density at radius 1 is 1.14 bits per heavy atom. The second-order valence-electron chi connectivity index (χ2n) is 8.25. The maximum atomic E-state index is 13.5. The van der Waals surface area contributed by atoms with E-state index in [2.05, 4.69) is 10.3 Å². The topological polar surface area (TPSA) is 94.3 Å². The third-order valence-electron chi connectivity index (χ3n) is 5.90. The molecule has 0 aliphatic heterocycles. The van der Waals surface area contributed by atoms with Gasteiger partial charge in [0.05, 0.1) is 28.7 Å². The predicted octanol–water partition coefficient (Wildman–Crippen LogP) is 5.94. The number of anilines is 1. The lowest BCUT2D eigenvalue weighted by atomic mass is 9.86. The molecule has 176 valence electrons. The number of allylic oxidation sites excluding steroid dienone is 1. The summed E-state index contributed by atoms with van der Waals surface area (Å²) in [6.07, 6.45) is 6.41. The molecule has 1 aliphatic carbocycles. The van der Waals surface area contributed by atoms with E-state index < -0.39 is 18.0 Å². The van der Waals surface area contributed by atoms with Gasteiger partial charge in [-0.3, -0.25) is 4.79 Å². The lowest BCUT2D eigenvalue weighted by Crippen LogP contribution is -2.30. The number of nitrogens with zero attached hydrogens (tertiary/aromatic N) is 2. The summed E-state index contributed by atoms with van der Waals surface area (Å²) in [5.74, 6) is -0.343. The number of para-hydroxylation sites is 1. The fourth-order valence-electron chi connectivity index (χ4n) is 4.24. The molecule has 35 heavy (non-hydrogen) atoms. The summed E-state index contributed by atoms with van der Waals surface area (Å²) in [5.41, 5.74) is 4.05. The zero-order chi connectivity index (χ0) is 24.4. The van der Waals surface area contributed by atoms with Crippen molar-refractivity contribution in [3.8, 4) is 0 Å². The van der Waals surface area contributed by atoms with E-state index in [1.807, 2.05) is 42.5 Å². The molecular formula is C27H22ClN3O4. The Labute approximate surface area is 206 Å². The van der Waals surface area contributed by atoms with Gasteiger partial charge >= 0.3 is 5.97 Å². The number of fused-ring (bicyclic) bond motifs is 2. The Balaban J connectivity index is 1.49. The first-order chi connectivity index (χ1) is 17.0. The SMILES string of the molecule is CC(OC(=O)c1c2c(nc3ccccc13)/C(=C/c1ccco1)CCC2)C(=O)Nc1cccnc1Cl. The van der Waals surface area contributed by atoms with Crippen LogP contribution in [0.15, 0.2) is 65.4 Å². The summed E-state index contributed by atoms with van der Waals surface area (Å²) in [5, 5.41) is 3.51. The van der Waals surface area contributed by atoms with Crippen molar-refractivity contribution in [3.63, 3.8) is 0 Å². The van der Waals surface area contributed by atoms with Gasteiger partial charge in [-0.1, -0.05) is 29.8 Å². The minimum Gasteiger partial charge on any atom is -0.465 e. The van der Waals surface area contributed by atoms with Crippen LogP contribution in [-0.2, 0) is 16.0 Å². The van der Waals surface area contributed by atoms with Gasteiger partial charge in [-0.15, -0.1) is 0 Å². The van der Waals surface area contributed by atoms with E-state index in [0.717, 1.165) is 35.4 Å². The molecule has 7 nitrogen and oxygen atoms in total. The maximum Gasteiger partial charge on any atom is 0.339 e. The molecule has 4 aromatic rings. The number of rotatable bonds is 5. The minimum absolute atomic E-state index is 0.157. The number of carbonyl (C=O) groups is 2. The standard InChI is InChI=1S/C27H22ClN3O4/c1-16(26(32)31-22-12-5-13-29-25(22)28)35-27(33)23-19-9-2-3-11-21(19)30-24-17(7-4-10-20(23)24)15-18-8-6-14-34-18/h2-3,5-6,8-9,11-16H,4,7,10H2,1H3,(H,31,32)/b17-15+. The predicted molar refractivity (Wildman–Crippen MR) is 134 cm³/mol. The summed E-state index contributed by atoms with van der Waals surface area (Å²) >= 11 is 6.03. The van der Waals surface area contributed by atoms with Crippen molar-refractivity contribution in [2.75, 3.05) is 5.32 Å². The van der Waals surface area contributed by atoms with Gasteiger partial charge in [-0.25, -0.2) is 14.8 Å². The van der Waals surface area contributed by atoms with Crippen LogP contribution < -0.4 is 5.32 Å². The van der Waals surface area contributed by atoms with Crippen molar-refractivity contribution < 1.29 is 18.7 Å². The second kappa shape index (κ2) is 9.72. The summed E-state index contributed by atoms with van der Waals surface area (Å²) in [7, 11) is 0. The third kappa shape index (κ3) is 4.68. The van der Waals surface area contributed by atoms with Crippen molar-refractivity contribution in [2.45, 2.75) is 32.3 Å². The van der Waals surface area contributed by atoms with Crippen LogP contribution in [0.5, 0.6) is 0 Å². The summed E-state index contributed by atoms with van der Waals surface area (Å²) in [6, 6.07) is 14.4. The number of ether oxygens (including phenoxy) is 1. The van der Waals surface area contributed by atoms with Crippen LogP contribution in [0, 0.1) is 0 Å². The van der Waals surface area contributed by atoms with E-state index in [1.165, 1.54) is 13.1 Å². The highest BCUT2D eigenvalue weighted by Gasteiger charge is 2.28. The number of carbonyl (C=O) groups excluding carboxylic acids is 2. The number of furan rings is 1. The van der Waals surface area contributed by atoms with Gasteiger partial charge < -0.3 is 14.5 Å². The first-order valence-corrected chi connectivity index (χ1v) is 11.7. The monoisotopic (exact) mass is 487 g/mol. The number of hydrogen-bond donors (Lipinski definition) is 1. The molecule has 0 saturated heterocycles. The van der Waals surface area contributed by atoms with Crippen LogP contribution in [0.25, 0.3) is 22.6 Å². The van der Waals surface area contributed by atoms with Gasteiger partial charge in [0.15, 0.2) is 11.3 Å². The number of esters is 1. The van der Waals surface area contributed by atoms with E-state index >= 15 is 0 Å². The average Bonchev–Trinajstić information content (AvgIpc) is 3.37. The molecule has 0 saturated carbocycles. The number of aromatic nitrogens is 2. The molecule has 1 aliphatic rings. The molecule has 1 N–H and O–H groups in total. The molecule has 0 bridgehead atoms. The van der Waals surface area contributed by atoms with Gasteiger partial charge in [0, 0.05) is 11.6 Å². The van der Waals surface area contributed by atoms with Crippen LogP contribution in [0.3, 0.4) is 0 Å². The molecule has 0 fully saturated rings. The smallest absolute Gasteiger partial charge is 0.339 e. The highest BCUT2D eigenvalue weighted by atomic mass is 35.5. The van der Waals surface area contributed by atoms with Crippen molar-refractivity contribution in [1.29, 1.82) is 0 Å². The Morgan fingerprint density at radius 3 is 2.80 bits per heavy atom. The molecular weight excluding hydrogens is 466 g/mol. The number of amides is 1. The van der Waals surface area contributed by atoms with Crippen LogP contribution in [0.2, 0.25) is 5.15 Å². The van der Waals surface area contributed by atoms with Gasteiger partial charge in [0.1, 0.15) is 5.76 Å². The van der Waals surface area contributed by atoms with Crippen LogP contribution in [0.4, 0.5) is 5.69 Å². The fourth-order valence-corrected chi connectivity index (χ4v) is 4.41. The maximum absolute atomic E-state index is 13.5. The minimum atomic E-state index is -1.05. The molecule has 1 aromatic carbocycles. The molecule has 1 amide bonds.